The monoisotopic (exact) mass is 415 g/mol. The third-order valence-corrected chi connectivity index (χ3v) is 5.18. The fourth-order valence-corrected chi connectivity index (χ4v) is 3.55. The van der Waals surface area contributed by atoms with Crippen LogP contribution in [-0.2, 0) is 11.3 Å². The molecule has 1 aliphatic rings. The van der Waals surface area contributed by atoms with Crippen LogP contribution in [0.1, 0.15) is 36.6 Å². The lowest BCUT2D eigenvalue weighted by atomic mass is 10.1. The van der Waals surface area contributed by atoms with Crippen molar-refractivity contribution in [2.24, 2.45) is 4.99 Å². The van der Waals surface area contributed by atoms with Crippen LogP contribution in [-0.4, -0.2) is 62.8 Å². The van der Waals surface area contributed by atoms with Crippen LogP contribution in [0.2, 0.25) is 0 Å². The van der Waals surface area contributed by atoms with Crippen molar-refractivity contribution < 1.29 is 13.9 Å². The van der Waals surface area contributed by atoms with Crippen LogP contribution >= 0.6 is 0 Å². The second-order valence-electron chi connectivity index (χ2n) is 7.28. The number of aromatic nitrogens is 1. The highest BCUT2D eigenvalue weighted by atomic mass is 16.5. The lowest BCUT2D eigenvalue weighted by Gasteiger charge is -2.33. The maximum absolute atomic E-state index is 5.72. The summed E-state index contributed by atoms with van der Waals surface area (Å²) in [6.07, 6.45) is 7.34. The molecule has 0 aliphatic carbocycles. The number of rotatable bonds is 10. The number of piperidine rings is 1. The Kier molecular flexibility index (Phi) is 8.99. The molecule has 8 heteroatoms. The maximum atomic E-state index is 5.72. The van der Waals surface area contributed by atoms with Gasteiger partial charge in [0.2, 0.25) is 5.88 Å². The molecule has 1 aliphatic heterocycles. The molecule has 2 N–H and O–H groups in total. The van der Waals surface area contributed by atoms with Gasteiger partial charge in [-0.15, -0.1) is 0 Å². The summed E-state index contributed by atoms with van der Waals surface area (Å²) >= 11 is 0. The summed E-state index contributed by atoms with van der Waals surface area (Å²) < 4.78 is 16.2. The molecule has 2 aromatic rings. The average molecular weight is 416 g/mol. The Balaban J connectivity index is 1.49. The second-order valence-corrected chi connectivity index (χ2v) is 7.28. The fraction of sp³-hybridized carbons (Fsp3) is 0.545. The SMILES string of the molecule is CN=C(NCc1ccc(OCCOC)nc1)NCC(c1ccco1)N1CCCCC1. The highest BCUT2D eigenvalue weighted by Gasteiger charge is 2.24. The number of hydrogen-bond donors (Lipinski definition) is 2. The number of likely N-dealkylation sites (tertiary alicyclic amines) is 1. The minimum Gasteiger partial charge on any atom is -0.475 e. The third-order valence-electron chi connectivity index (χ3n) is 5.18. The van der Waals surface area contributed by atoms with Gasteiger partial charge in [0.15, 0.2) is 5.96 Å². The van der Waals surface area contributed by atoms with Gasteiger partial charge < -0.3 is 24.5 Å². The molecule has 164 valence electrons. The van der Waals surface area contributed by atoms with E-state index in [1.165, 1.54) is 19.3 Å². The standard InChI is InChI=1S/C22H33N5O3/c1-23-22(25-16-18-8-9-21(24-15-18)30-14-13-28-2)26-17-19(20-7-6-12-29-20)27-10-4-3-5-11-27/h6-9,12,15,19H,3-5,10-11,13-14,16-17H2,1-2H3,(H2,23,25,26). The molecular formula is C22H33N5O3. The van der Waals surface area contributed by atoms with Crippen LogP contribution in [0.5, 0.6) is 5.88 Å². The molecule has 1 atom stereocenters. The van der Waals surface area contributed by atoms with Crippen molar-refractivity contribution in [2.45, 2.75) is 31.8 Å². The van der Waals surface area contributed by atoms with Crippen molar-refractivity contribution in [1.82, 2.24) is 20.5 Å². The zero-order chi connectivity index (χ0) is 21.0. The Labute approximate surface area is 178 Å². The third kappa shape index (κ3) is 6.74. The lowest BCUT2D eigenvalue weighted by Crippen LogP contribution is -2.44. The van der Waals surface area contributed by atoms with Gasteiger partial charge in [-0.05, 0) is 43.6 Å². The number of methoxy groups -OCH3 is 1. The van der Waals surface area contributed by atoms with Crippen LogP contribution < -0.4 is 15.4 Å². The van der Waals surface area contributed by atoms with Crippen LogP contribution in [0.3, 0.4) is 0 Å². The minimum atomic E-state index is 0.198. The van der Waals surface area contributed by atoms with Crippen molar-refractivity contribution in [2.75, 3.05) is 47.0 Å². The topological polar surface area (TPSA) is 84.2 Å². The Bertz CT molecular complexity index is 743. The highest BCUT2D eigenvalue weighted by Crippen LogP contribution is 2.24. The van der Waals surface area contributed by atoms with Gasteiger partial charge in [0.1, 0.15) is 12.4 Å². The first-order valence-electron chi connectivity index (χ1n) is 10.6. The van der Waals surface area contributed by atoms with Crippen molar-refractivity contribution >= 4 is 5.96 Å². The van der Waals surface area contributed by atoms with E-state index >= 15 is 0 Å². The summed E-state index contributed by atoms with van der Waals surface area (Å²) in [6.45, 7) is 4.60. The largest absolute Gasteiger partial charge is 0.475 e. The molecule has 1 fully saturated rings. The first-order valence-corrected chi connectivity index (χ1v) is 10.6. The predicted octanol–water partition coefficient (Wildman–Crippen LogP) is 2.59. The molecule has 0 spiro atoms. The molecule has 8 nitrogen and oxygen atoms in total. The lowest BCUT2D eigenvalue weighted by molar-refractivity contribution is 0.143. The van der Waals surface area contributed by atoms with E-state index in [4.69, 9.17) is 13.9 Å². The Hall–Kier alpha value is -2.58. The number of aliphatic imine (C=N–C) groups is 1. The summed E-state index contributed by atoms with van der Waals surface area (Å²) in [5.41, 5.74) is 1.05. The summed E-state index contributed by atoms with van der Waals surface area (Å²) in [7, 11) is 3.43. The van der Waals surface area contributed by atoms with Gasteiger partial charge in [0.05, 0.1) is 18.9 Å². The van der Waals surface area contributed by atoms with Gasteiger partial charge in [-0.3, -0.25) is 9.89 Å². The summed E-state index contributed by atoms with van der Waals surface area (Å²) in [4.78, 5) is 11.2. The van der Waals surface area contributed by atoms with Crippen molar-refractivity contribution in [3.05, 3.63) is 48.0 Å². The normalized spacial score (nSPS) is 16.3. The number of hydrogen-bond acceptors (Lipinski definition) is 6. The predicted molar refractivity (Wildman–Crippen MR) is 117 cm³/mol. The number of nitrogens with zero attached hydrogens (tertiary/aromatic N) is 3. The number of guanidine groups is 1. The van der Waals surface area contributed by atoms with E-state index < -0.39 is 0 Å². The molecule has 1 saturated heterocycles. The zero-order valence-electron chi connectivity index (χ0n) is 18.0. The van der Waals surface area contributed by atoms with E-state index in [1.807, 2.05) is 24.4 Å². The molecule has 0 aromatic carbocycles. The van der Waals surface area contributed by atoms with E-state index in [0.717, 1.165) is 36.9 Å². The van der Waals surface area contributed by atoms with Gasteiger partial charge in [-0.2, -0.15) is 0 Å². The summed E-state index contributed by atoms with van der Waals surface area (Å²) in [6, 6.07) is 8.07. The number of ether oxygens (including phenoxy) is 2. The van der Waals surface area contributed by atoms with Gasteiger partial charge in [-0.25, -0.2) is 4.98 Å². The number of nitrogens with one attached hydrogen (secondary N) is 2. The van der Waals surface area contributed by atoms with Crippen molar-refractivity contribution in [1.29, 1.82) is 0 Å². The summed E-state index contributed by atoms with van der Waals surface area (Å²) in [5, 5.41) is 6.80. The van der Waals surface area contributed by atoms with E-state index in [2.05, 4.69) is 31.6 Å². The molecule has 3 rings (SSSR count). The van der Waals surface area contributed by atoms with Crippen molar-refractivity contribution in [3.63, 3.8) is 0 Å². The number of pyridine rings is 1. The minimum absolute atomic E-state index is 0.198. The Morgan fingerprint density at radius 3 is 2.73 bits per heavy atom. The van der Waals surface area contributed by atoms with E-state index in [1.54, 1.807) is 20.4 Å². The van der Waals surface area contributed by atoms with Gasteiger partial charge >= 0.3 is 0 Å². The van der Waals surface area contributed by atoms with Crippen molar-refractivity contribution in [3.8, 4) is 5.88 Å². The van der Waals surface area contributed by atoms with Gasteiger partial charge in [0.25, 0.3) is 0 Å². The van der Waals surface area contributed by atoms with Gasteiger partial charge in [-0.1, -0.05) is 12.5 Å². The van der Waals surface area contributed by atoms with Gasteiger partial charge in [0, 0.05) is 39.5 Å². The van der Waals surface area contributed by atoms with E-state index in [0.29, 0.717) is 25.6 Å². The molecule has 3 heterocycles. The summed E-state index contributed by atoms with van der Waals surface area (Å²) in [5.74, 6) is 2.35. The quantitative estimate of drug-likeness (QED) is 0.350. The van der Waals surface area contributed by atoms with Crippen LogP contribution in [0, 0.1) is 0 Å². The van der Waals surface area contributed by atoms with Crippen LogP contribution in [0.15, 0.2) is 46.1 Å². The first-order chi connectivity index (χ1) is 14.8. The maximum Gasteiger partial charge on any atom is 0.213 e. The zero-order valence-corrected chi connectivity index (χ0v) is 18.0. The highest BCUT2D eigenvalue weighted by molar-refractivity contribution is 5.79. The molecule has 0 saturated carbocycles. The van der Waals surface area contributed by atoms with E-state index in [-0.39, 0.29) is 6.04 Å². The Morgan fingerprint density at radius 1 is 1.20 bits per heavy atom. The smallest absolute Gasteiger partial charge is 0.213 e. The van der Waals surface area contributed by atoms with E-state index in [9.17, 15) is 0 Å². The average Bonchev–Trinajstić information content (AvgIpc) is 3.32. The second kappa shape index (κ2) is 12.2. The fourth-order valence-electron chi connectivity index (χ4n) is 3.55. The molecule has 0 bridgehead atoms. The molecular weight excluding hydrogens is 382 g/mol. The molecule has 0 radical (unpaired) electrons. The Morgan fingerprint density at radius 2 is 2.07 bits per heavy atom. The number of furan rings is 1. The van der Waals surface area contributed by atoms with Crippen LogP contribution in [0.4, 0.5) is 0 Å². The first kappa shape index (κ1) is 22.1. The molecule has 0 amide bonds. The molecule has 2 aromatic heterocycles. The van der Waals surface area contributed by atoms with Crippen LogP contribution in [0.25, 0.3) is 0 Å². The molecule has 1 unspecified atom stereocenters. The molecule has 30 heavy (non-hydrogen) atoms.